The Bertz CT molecular complexity index is 1210. The smallest absolute Gasteiger partial charge is 0.138 e. The van der Waals surface area contributed by atoms with Gasteiger partial charge in [-0.15, -0.1) is 0 Å². The Morgan fingerprint density at radius 1 is 1.06 bits per heavy atom. The highest BCUT2D eigenvalue weighted by Gasteiger charge is 2.31. The largest absolute Gasteiger partial charge is 0.394 e. The lowest BCUT2D eigenvalue weighted by Crippen LogP contribution is -2.46. The highest BCUT2D eigenvalue weighted by Crippen LogP contribution is 2.37. The van der Waals surface area contributed by atoms with Crippen molar-refractivity contribution in [2.75, 3.05) is 13.2 Å². The van der Waals surface area contributed by atoms with Gasteiger partial charge in [0.15, 0.2) is 0 Å². The average molecular weight is 471 g/mol. The van der Waals surface area contributed by atoms with Crippen LogP contribution in [0.3, 0.4) is 0 Å². The first kappa shape index (κ1) is 24.7. The number of nitrogens with one attached hydrogen (secondary N) is 1. The third-order valence-corrected chi connectivity index (χ3v) is 6.48. The summed E-state index contributed by atoms with van der Waals surface area (Å²) >= 11 is 0. The molecule has 7 nitrogen and oxygen atoms in total. The molecule has 1 fully saturated rings. The van der Waals surface area contributed by atoms with Crippen molar-refractivity contribution in [2.24, 2.45) is 0 Å². The van der Waals surface area contributed by atoms with Gasteiger partial charge >= 0.3 is 0 Å². The maximum Gasteiger partial charge on any atom is 0.138 e. The standard InChI is InChI=1S/C28H30N4O3/c1-19(35)28-30-12-13-32(28)27(18-34)11-4-20-2-5-21(6-3-20)22-7-9-23(10-8-22)24-14-25(15-24)31-26(16-29)17-33/h2-3,5-10,12-13,19,24-27,31,33-35H,14-15,17-18H2,1H3/t19-,24?,25?,26?,27?/m0/s1. The van der Waals surface area contributed by atoms with E-state index in [1.54, 1.807) is 23.9 Å². The molecule has 1 heterocycles. The van der Waals surface area contributed by atoms with E-state index in [9.17, 15) is 10.2 Å². The first-order chi connectivity index (χ1) is 17.0. The lowest BCUT2D eigenvalue weighted by Gasteiger charge is -2.37. The van der Waals surface area contributed by atoms with Gasteiger partial charge in [-0.05, 0) is 54.5 Å². The predicted octanol–water partition coefficient (Wildman–Crippen LogP) is 2.91. The van der Waals surface area contributed by atoms with Crippen LogP contribution < -0.4 is 5.32 Å². The van der Waals surface area contributed by atoms with E-state index in [0.717, 1.165) is 29.5 Å². The second-order valence-corrected chi connectivity index (χ2v) is 8.93. The van der Waals surface area contributed by atoms with Crippen LogP contribution in [0.4, 0.5) is 0 Å². The first-order valence-corrected chi connectivity index (χ1v) is 11.8. The van der Waals surface area contributed by atoms with Gasteiger partial charge in [0, 0.05) is 24.0 Å². The number of benzene rings is 2. The number of rotatable bonds is 8. The van der Waals surface area contributed by atoms with Crippen LogP contribution in [-0.2, 0) is 0 Å². The zero-order chi connectivity index (χ0) is 24.8. The maximum absolute atomic E-state index is 9.85. The van der Waals surface area contributed by atoms with E-state index < -0.39 is 18.2 Å². The topological polar surface area (TPSA) is 114 Å². The van der Waals surface area contributed by atoms with Crippen LogP contribution in [0.2, 0.25) is 0 Å². The number of aromatic nitrogens is 2. The molecule has 0 radical (unpaired) electrons. The lowest BCUT2D eigenvalue weighted by atomic mass is 9.75. The monoisotopic (exact) mass is 470 g/mol. The van der Waals surface area contributed by atoms with Crippen molar-refractivity contribution in [1.29, 1.82) is 5.26 Å². The fraction of sp³-hybridized carbons (Fsp3) is 0.357. The normalized spacial score (nSPS) is 19.5. The minimum absolute atomic E-state index is 0.159. The number of hydrogen-bond donors (Lipinski definition) is 4. The number of hydrogen-bond acceptors (Lipinski definition) is 6. The van der Waals surface area contributed by atoms with Gasteiger partial charge < -0.3 is 19.9 Å². The summed E-state index contributed by atoms with van der Waals surface area (Å²) in [5, 5.41) is 40.9. The zero-order valence-corrected chi connectivity index (χ0v) is 19.7. The number of aliphatic hydroxyl groups excluding tert-OH is 3. The van der Waals surface area contributed by atoms with Gasteiger partial charge in [-0.1, -0.05) is 48.2 Å². The number of aliphatic hydroxyl groups is 3. The van der Waals surface area contributed by atoms with Gasteiger partial charge in [0.05, 0.1) is 19.3 Å². The van der Waals surface area contributed by atoms with Gasteiger partial charge in [-0.25, -0.2) is 4.98 Å². The van der Waals surface area contributed by atoms with Crippen LogP contribution in [0, 0.1) is 23.2 Å². The molecule has 0 bridgehead atoms. The summed E-state index contributed by atoms with van der Waals surface area (Å²) in [5.74, 6) is 7.13. The molecule has 2 aromatic carbocycles. The minimum atomic E-state index is -0.740. The molecule has 0 saturated heterocycles. The molecule has 1 saturated carbocycles. The van der Waals surface area contributed by atoms with E-state index in [1.165, 1.54) is 5.56 Å². The Labute approximate surface area is 205 Å². The van der Waals surface area contributed by atoms with Crippen LogP contribution in [0.1, 0.15) is 54.8 Å². The Hall–Kier alpha value is -3.46. The summed E-state index contributed by atoms with van der Waals surface area (Å²) in [4.78, 5) is 4.14. The Balaban J connectivity index is 1.37. The molecule has 0 aliphatic heterocycles. The Morgan fingerprint density at radius 3 is 2.29 bits per heavy atom. The second-order valence-electron chi connectivity index (χ2n) is 8.93. The molecule has 1 aromatic heterocycles. The van der Waals surface area contributed by atoms with Crippen LogP contribution in [0.25, 0.3) is 11.1 Å². The fourth-order valence-electron chi connectivity index (χ4n) is 4.42. The Kier molecular flexibility index (Phi) is 7.97. The summed E-state index contributed by atoms with van der Waals surface area (Å²) in [6.07, 6.45) is 4.50. The van der Waals surface area contributed by atoms with E-state index >= 15 is 0 Å². The summed E-state index contributed by atoms with van der Waals surface area (Å²) in [6, 6.07) is 17.9. The van der Waals surface area contributed by atoms with Crippen LogP contribution in [0.15, 0.2) is 60.9 Å². The van der Waals surface area contributed by atoms with Gasteiger partial charge in [-0.3, -0.25) is 5.32 Å². The molecule has 7 heteroatoms. The molecule has 35 heavy (non-hydrogen) atoms. The summed E-state index contributed by atoms with van der Waals surface area (Å²) in [7, 11) is 0. The van der Waals surface area contributed by atoms with Crippen molar-refractivity contribution in [2.45, 2.75) is 49.9 Å². The molecule has 180 valence electrons. The van der Waals surface area contributed by atoms with Crippen molar-refractivity contribution in [1.82, 2.24) is 14.9 Å². The van der Waals surface area contributed by atoms with Crippen molar-refractivity contribution in [3.63, 3.8) is 0 Å². The number of imidazole rings is 1. The van der Waals surface area contributed by atoms with Crippen LogP contribution in [-0.4, -0.2) is 50.2 Å². The lowest BCUT2D eigenvalue weighted by molar-refractivity contribution is 0.176. The summed E-state index contributed by atoms with van der Waals surface area (Å²) in [6.45, 7) is 1.30. The van der Waals surface area contributed by atoms with E-state index in [-0.39, 0.29) is 19.3 Å². The SMILES string of the molecule is C[C@H](O)c1nccn1C(C#Cc1ccc(-c2ccc(C3CC(NC(C#N)CO)C3)cc2)cc1)CO. The zero-order valence-electron chi connectivity index (χ0n) is 19.7. The molecular formula is C28H30N4O3. The molecule has 4 rings (SSSR count). The van der Waals surface area contributed by atoms with E-state index in [4.69, 9.17) is 10.4 Å². The van der Waals surface area contributed by atoms with Gasteiger partial charge in [-0.2, -0.15) is 5.26 Å². The van der Waals surface area contributed by atoms with Crippen molar-refractivity contribution < 1.29 is 15.3 Å². The summed E-state index contributed by atoms with van der Waals surface area (Å²) in [5.41, 5.74) is 4.35. The van der Waals surface area contributed by atoms with Crippen LogP contribution in [0.5, 0.6) is 0 Å². The van der Waals surface area contributed by atoms with E-state index in [2.05, 4.69) is 52.5 Å². The average Bonchev–Trinajstić information content (AvgIpc) is 3.35. The maximum atomic E-state index is 9.85. The fourth-order valence-corrected chi connectivity index (χ4v) is 4.42. The van der Waals surface area contributed by atoms with Gasteiger partial charge in [0.25, 0.3) is 0 Å². The quantitative estimate of drug-likeness (QED) is 0.377. The molecule has 2 unspecified atom stereocenters. The van der Waals surface area contributed by atoms with Gasteiger partial charge in [0.2, 0.25) is 0 Å². The molecule has 0 spiro atoms. The van der Waals surface area contributed by atoms with Gasteiger partial charge in [0.1, 0.15) is 24.0 Å². The molecule has 0 amide bonds. The van der Waals surface area contributed by atoms with E-state index in [1.807, 2.05) is 24.3 Å². The summed E-state index contributed by atoms with van der Waals surface area (Å²) < 4.78 is 1.70. The highest BCUT2D eigenvalue weighted by atomic mass is 16.3. The van der Waals surface area contributed by atoms with Crippen molar-refractivity contribution >= 4 is 0 Å². The molecule has 3 aromatic rings. The minimum Gasteiger partial charge on any atom is -0.394 e. The molecule has 4 N–H and O–H groups in total. The predicted molar refractivity (Wildman–Crippen MR) is 133 cm³/mol. The molecule has 3 atom stereocenters. The third-order valence-electron chi connectivity index (χ3n) is 6.48. The Morgan fingerprint density at radius 2 is 1.71 bits per heavy atom. The number of nitriles is 1. The van der Waals surface area contributed by atoms with E-state index in [0.29, 0.717) is 11.7 Å². The number of nitrogens with zero attached hydrogens (tertiary/aromatic N) is 3. The van der Waals surface area contributed by atoms with Crippen LogP contribution >= 0.6 is 0 Å². The van der Waals surface area contributed by atoms with Crippen molar-refractivity contribution in [3.8, 4) is 29.0 Å². The molecular weight excluding hydrogens is 440 g/mol. The molecule has 1 aliphatic carbocycles. The van der Waals surface area contributed by atoms with Crippen molar-refractivity contribution in [3.05, 3.63) is 77.9 Å². The third kappa shape index (κ3) is 5.79. The first-order valence-electron chi connectivity index (χ1n) is 11.8. The second kappa shape index (κ2) is 11.3. The molecule has 1 aliphatic rings. The highest BCUT2D eigenvalue weighted by molar-refractivity contribution is 5.64.